The molecule has 2 aromatic carbocycles. The lowest BCUT2D eigenvalue weighted by Crippen LogP contribution is -2.19. The lowest BCUT2D eigenvalue weighted by atomic mass is 10.1. The van der Waals surface area contributed by atoms with Gasteiger partial charge in [0.05, 0.1) is 23.4 Å². The number of benzene rings is 2. The first-order valence-corrected chi connectivity index (χ1v) is 6.37. The van der Waals surface area contributed by atoms with E-state index in [1.165, 1.54) is 0 Å². The van der Waals surface area contributed by atoms with E-state index < -0.39 is 23.5 Å². The SMILES string of the molecule is NC(Cn1cnc2ccccc21)c1ccc(F)c(F)c1F. The fraction of sp³-hybridized carbons (Fsp3) is 0.133. The van der Waals surface area contributed by atoms with E-state index in [1.54, 1.807) is 10.9 Å². The normalized spacial score (nSPS) is 12.8. The molecule has 1 aromatic heterocycles. The molecule has 6 heteroatoms. The summed E-state index contributed by atoms with van der Waals surface area (Å²) >= 11 is 0. The van der Waals surface area contributed by atoms with Gasteiger partial charge in [-0.15, -0.1) is 0 Å². The van der Waals surface area contributed by atoms with Gasteiger partial charge in [-0.2, -0.15) is 0 Å². The molecule has 2 N–H and O–H groups in total. The fourth-order valence-electron chi connectivity index (χ4n) is 2.29. The average Bonchev–Trinajstić information content (AvgIpc) is 2.88. The summed E-state index contributed by atoms with van der Waals surface area (Å²) < 4.78 is 41.7. The maximum atomic E-state index is 13.7. The molecule has 0 spiro atoms. The zero-order valence-corrected chi connectivity index (χ0v) is 10.9. The third kappa shape index (κ3) is 2.38. The van der Waals surface area contributed by atoms with E-state index in [0.29, 0.717) is 0 Å². The molecule has 0 saturated heterocycles. The quantitative estimate of drug-likeness (QED) is 0.753. The lowest BCUT2D eigenvalue weighted by molar-refractivity contribution is 0.430. The predicted molar refractivity (Wildman–Crippen MR) is 73.0 cm³/mol. The summed E-state index contributed by atoms with van der Waals surface area (Å²) in [6, 6.07) is 8.64. The summed E-state index contributed by atoms with van der Waals surface area (Å²) in [7, 11) is 0. The van der Waals surface area contributed by atoms with Crippen molar-refractivity contribution in [2.45, 2.75) is 12.6 Å². The molecule has 0 fully saturated rings. The number of halogens is 3. The van der Waals surface area contributed by atoms with Crippen molar-refractivity contribution in [1.82, 2.24) is 9.55 Å². The molecule has 3 aromatic rings. The van der Waals surface area contributed by atoms with Gasteiger partial charge in [-0.25, -0.2) is 18.2 Å². The molecule has 0 radical (unpaired) electrons. The van der Waals surface area contributed by atoms with E-state index in [4.69, 9.17) is 5.73 Å². The third-order valence-electron chi connectivity index (χ3n) is 3.39. The number of hydrogen-bond donors (Lipinski definition) is 1. The second-order valence-corrected chi connectivity index (χ2v) is 4.76. The van der Waals surface area contributed by atoms with Gasteiger partial charge in [-0.1, -0.05) is 18.2 Å². The van der Waals surface area contributed by atoms with E-state index in [2.05, 4.69) is 4.98 Å². The zero-order chi connectivity index (χ0) is 15.0. The lowest BCUT2D eigenvalue weighted by Gasteiger charge is -2.15. The highest BCUT2D eigenvalue weighted by Crippen LogP contribution is 2.22. The molecule has 3 nitrogen and oxygen atoms in total. The minimum Gasteiger partial charge on any atom is -0.329 e. The van der Waals surface area contributed by atoms with Gasteiger partial charge in [-0.3, -0.25) is 0 Å². The van der Waals surface area contributed by atoms with E-state index in [1.807, 2.05) is 24.3 Å². The Labute approximate surface area is 118 Å². The molecule has 21 heavy (non-hydrogen) atoms. The first kappa shape index (κ1) is 13.6. The number of hydrogen-bond acceptors (Lipinski definition) is 2. The van der Waals surface area contributed by atoms with Crippen molar-refractivity contribution in [3.8, 4) is 0 Å². The second kappa shape index (κ2) is 5.21. The van der Waals surface area contributed by atoms with Gasteiger partial charge in [0, 0.05) is 12.1 Å². The third-order valence-corrected chi connectivity index (χ3v) is 3.39. The summed E-state index contributed by atoms with van der Waals surface area (Å²) in [6.07, 6.45) is 1.59. The van der Waals surface area contributed by atoms with E-state index in [-0.39, 0.29) is 12.1 Å². The number of imidazole rings is 1. The van der Waals surface area contributed by atoms with Gasteiger partial charge in [-0.05, 0) is 18.2 Å². The number of nitrogens with two attached hydrogens (primary N) is 1. The van der Waals surface area contributed by atoms with Crippen LogP contribution in [0.5, 0.6) is 0 Å². The fourth-order valence-corrected chi connectivity index (χ4v) is 2.29. The van der Waals surface area contributed by atoms with E-state index >= 15 is 0 Å². The van der Waals surface area contributed by atoms with Crippen LogP contribution in [0.4, 0.5) is 13.2 Å². The van der Waals surface area contributed by atoms with Crippen LogP contribution in [0.15, 0.2) is 42.7 Å². The molecule has 0 aliphatic heterocycles. The van der Waals surface area contributed by atoms with Gasteiger partial charge < -0.3 is 10.3 Å². The van der Waals surface area contributed by atoms with Crippen LogP contribution in [-0.4, -0.2) is 9.55 Å². The predicted octanol–water partition coefficient (Wildman–Crippen LogP) is 3.15. The van der Waals surface area contributed by atoms with Crippen LogP contribution in [0.3, 0.4) is 0 Å². The highest BCUT2D eigenvalue weighted by atomic mass is 19.2. The summed E-state index contributed by atoms with van der Waals surface area (Å²) in [4.78, 5) is 4.20. The van der Waals surface area contributed by atoms with Gasteiger partial charge in [0.25, 0.3) is 0 Å². The highest BCUT2D eigenvalue weighted by molar-refractivity contribution is 5.74. The molecular formula is C15H12F3N3. The zero-order valence-electron chi connectivity index (χ0n) is 10.9. The number of para-hydroxylation sites is 2. The Morgan fingerprint density at radius 1 is 1.05 bits per heavy atom. The summed E-state index contributed by atoms with van der Waals surface area (Å²) in [5.41, 5.74) is 7.49. The highest BCUT2D eigenvalue weighted by Gasteiger charge is 2.19. The molecule has 3 rings (SSSR count). The molecule has 1 heterocycles. The van der Waals surface area contributed by atoms with Crippen molar-refractivity contribution >= 4 is 11.0 Å². The monoisotopic (exact) mass is 291 g/mol. The molecule has 0 aliphatic carbocycles. The number of nitrogens with zero attached hydrogens (tertiary/aromatic N) is 2. The van der Waals surface area contributed by atoms with Gasteiger partial charge in [0.15, 0.2) is 17.5 Å². The van der Waals surface area contributed by atoms with Crippen LogP contribution in [0.2, 0.25) is 0 Å². The van der Waals surface area contributed by atoms with Crippen LogP contribution in [0, 0.1) is 17.5 Å². The van der Waals surface area contributed by atoms with Crippen molar-refractivity contribution < 1.29 is 13.2 Å². The Bertz CT molecular complexity index is 798. The van der Waals surface area contributed by atoms with Crippen molar-refractivity contribution in [1.29, 1.82) is 0 Å². The number of fused-ring (bicyclic) bond motifs is 1. The van der Waals surface area contributed by atoms with Gasteiger partial charge >= 0.3 is 0 Å². The first-order chi connectivity index (χ1) is 10.1. The second-order valence-electron chi connectivity index (χ2n) is 4.76. The summed E-state index contributed by atoms with van der Waals surface area (Å²) in [6.45, 7) is 0.211. The van der Waals surface area contributed by atoms with Crippen molar-refractivity contribution in [3.63, 3.8) is 0 Å². The molecule has 108 valence electrons. The van der Waals surface area contributed by atoms with Crippen LogP contribution in [0.1, 0.15) is 11.6 Å². The Kier molecular flexibility index (Phi) is 3.39. The topological polar surface area (TPSA) is 43.8 Å². The largest absolute Gasteiger partial charge is 0.329 e. The molecule has 0 bridgehead atoms. The van der Waals surface area contributed by atoms with Crippen molar-refractivity contribution in [3.05, 3.63) is 65.7 Å². The summed E-state index contributed by atoms with van der Waals surface area (Å²) in [5, 5.41) is 0. The summed E-state index contributed by atoms with van der Waals surface area (Å²) in [5.74, 6) is -3.97. The van der Waals surface area contributed by atoms with Crippen LogP contribution in [0.25, 0.3) is 11.0 Å². The first-order valence-electron chi connectivity index (χ1n) is 6.37. The Balaban J connectivity index is 1.93. The molecule has 1 atom stereocenters. The van der Waals surface area contributed by atoms with E-state index in [9.17, 15) is 13.2 Å². The Morgan fingerprint density at radius 2 is 1.81 bits per heavy atom. The minimum atomic E-state index is -1.50. The number of aromatic nitrogens is 2. The van der Waals surface area contributed by atoms with Crippen LogP contribution < -0.4 is 5.73 Å². The standard InChI is InChI=1S/C15H12F3N3/c16-10-6-5-9(14(17)15(10)18)11(19)7-21-8-20-12-3-1-2-4-13(12)21/h1-6,8,11H,7,19H2. The smallest absolute Gasteiger partial charge is 0.194 e. The van der Waals surface area contributed by atoms with Crippen molar-refractivity contribution in [2.24, 2.45) is 5.73 Å². The van der Waals surface area contributed by atoms with Crippen LogP contribution in [-0.2, 0) is 6.54 Å². The minimum absolute atomic E-state index is 0.0633. The number of rotatable bonds is 3. The van der Waals surface area contributed by atoms with Gasteiger partial charge in [0.1, 0.15) is 0 Å². The van der Waals surface area contributed by atoms with Crippen LogP contribution >= 0.6 is 0 Å². The average molecular weight is 291 g/mol. The van der Waals surface area contributed by atoms with E-state index in [0.717, 1.165) is 23.2 Å². The Morgan fingerprint density at radius 3 is 2.62 bits per heavy atom. The maximum absolute atomic E-state index is 13.7. The van der Waals surface area contributed by atoms with Gasteiger partial charge in [0.2, 0.25) is 0 Å². The molecule has 0 amide bonds. The maximum Gasteiger partial charge on any atom is 0.194 e. The molecule has 1 unspecified atom stereocenters. The molecule has 0 aliphatic rings. The molecular weight excluding hydrogens is 279 g/mol. The molecule has 0 saturated carbocycles. The van der Waals surface area contributed by atoms with Crippen molar-refractivity contribution in [2.75, 3.05) is 0 Å². The Hall–Kier alpha value is -2.34.